The van der Waals surface area contributed by atoms with E-state index < -0.39 is 0 Å². The van der Waals surface area contributed by atoms with Crippen LogP contribution in [0.4, 0.5) is 0 Å². The molecule has 26 heavy (non-hydrogen) atoms. The van der Waals surface area contributed by atoms with Gasteiger partial charge in [-0.15, -0.1) is 0 Å². The summed E-state index contributed by atoms with van der Waals surface area (Å²) < 4.78 is 2.66. The summed E-state index contributed by atoms with van der Waals surface area (Å²) in [4.78, 5) is 19.8. The van der Waals surface area contributed by atoms with Crippen molar-refractivity contribution in [2.75, 3.05) is 0 Å². The smallest absolute Gasteiger partial charge is 0.262 e. The highest BCUT2D eigenvalue weighted by Crippen LogP contribution is 2.23. The number of hydrogen-bond donors (Lipinski definition) is 1. The third kappa shape index (κ3) is 3.56. The van der Waals surface area contributed by atoms with E-state index in [1.807, 2.05) is 36.4 Å². The van der Waals surface area contributed by atoms with Crippen LogP contribution in [-0.4, -0.2) is 19.7 Å². The number of aromatic nitrogens is 4. The van der Waals surface area contributed by atoms with Crippen molar-refractivity contribution in [3.05, 3.63) is 80.1 Å². The molecule has 0 atom stereocenters. The first kappa shape index (κ1) is 17.3. The highest BCUT2D eigenvalue weighted by atomic mass is 79.9. The average Bonchev–Trinajstić information content (AvgIpc) is 3.06. The first-order chi connectivity index (χ1) is 12.6. The number of aromatic amines is 1. The molecular formula is C18H12BrClN4OS. The molecule has 2 aromatic heterocycles. The minimum Gasteiger partial charge on any atom is -0.301 e. The summed E-state index contributed by atoms with van der Waals surface area (Å²) in [6, 6.07) is 15.3. The number of H-pyrrole nitrogens is 1. The van der Waals surface area contributed by atoms with Gasteiger partial charge in [0.05, 0.1) is 11.9 Å². The standard InChI is InChI=1S/C18H12BrClN4OS/c19-12-6-4-11(5-7-12)10-26-18-22-16-15(17(25)23-18)9-21-24(16)14-3-1-2-13(20)8-14/h1-9H,10H2,(H,22,23,25). The molecule has 0 radical (unpaired) electrons. The summed E-state index contributed by atoms with van der Waals surface area (Å²) in [5.74, 6) is 0.701. The highest BCUT2D eigenvalue weighted by Gasteiger charge is 2.12. The van der Waals surface area contributed by atoms with E-state index in [1.54, 1.807) is 16.8 Å². The Kier molecular flexibility index (Phi) is 4.84. The predicted molar refractivity (Wildman–Crippen MR) is 108 cm³/mol. The van der Waals surface area contributed by atoms with E-state index in [4.69, 9.17) is 11.6 Å². The van der Waals surface area contributed by atoms with Gasteiger partial charge in [0.25, 0.3) is 5.56 Å². The van der Waals surface area contributed by atoms with E-state index in [-0.39, 0.29) is 5.56 Å². The second-order valence-electron chi connectivity index (χ2n) is 5.56. The van der Waals surface area contributed by atoms with Crippen LogP contribution in [0.25, 0.3) is 16.7 Å². The Morgan fingerprint density at radius 3 is 2.77 bits per heavy atom. The van der Waals surface area contributed by atoms with E-state index in [9.17, 15) is 4.79 Å². The molecule has 5 nitrogen and oxygen atoms in total. The molecule has 4 rings (SSSR count). The zero-order valence-electron chi connectivity index (χ0n) is 13.3. The van der Waals surface area contributed by atoms with E-state index in [1.165, 1.54) is 18.0 Å². The monoisotopic (exact) mass is 446 g/mol. The Morgan fingerprint density at radius 2 is 2.00 bits per heavy atom. The maximum atomic E-state index is 12.4. The Bertz CT molecular complexity index is 1140. The van der Waals surface area contributed by atoms with E-state index in [0.717, 1.165) is 15.7 Å². The average molecular weight is 448 g/mol. The summed E-state index contributed by atoms with van der Waals surface area (Å²) >= 11 is 11.0. The van der Waals surface area contributed by atoms with Gasteiger partial charge < -0.3 is 4.98 Å². The molecular weight excluding hydrogens is 436 g/mol. The molecule has 0 saturated carbocycles. The summed E-state index contributed by atoms with van der Waals surface area (Å²) in [6.45, 7) is 0. The fraction of sp³-hybridized carbons (Fsp3) is 0.0556. The zero-order valence-corrected chi connectivity index (χ0v) is 16.5. The number of benzene rings is 2. The van der Waals surface area contributed by atoms with Crippen LogP contribution in [-0.2, 0) is 5.75 Å². The summed E-state index contributed by atoms with van der Waals surface area (Å²) in [6.07, 6.45) is 1.52. The van der Waals surface area contributed by atoms with Crippen molar-refractivity contribution in [3.8, 4) is 5.69 Å². The van der Waals surface area contributed by atoms with Gasteiger partial charge in [0.15, 0.2) is 10.8 Å². The SMILES string of the molecule is O=c1[nH]c(SCc2ccc(Br)cc2)nc2c1cnn2-c1cccc(Cl)c1. The molecule has 0 amide bonds. The molecule has 0 saturated heterocycles. The molecule has 0 aliphatic carbocycles. The van der Waals surface area contributed by atoms with Crippen molar-refractivity contribution in [1.29, 1.82) is 0 Å². The fourth-order valence-corrected chi connectivity index (χ4v) is 3.76. The maximum absolute atomic E-state index is 12.4. The molecule has 0 aliphatic heterocycles. The van der Waals surface area contributed by atoms with Crippen LogP contribution in [0.1, 0.15) is 5.56 Å². The maximum Gasteiger partial charge on any atom is 0.262 e. The van der Waals surface area contributed by atoms with Gasteiger partial charge in [0.2, 0.25) is 0 Å². The number of hydrogen-bond acceptors (Lipinski definition) is 4. The Morgan fingerprint density at radius 1 is 1.19 bits per heavy atom. The second-order valence-corrected chi connectivity index (χ2v) is 7.88. The van der Waals surface area contributed by atoms with Gasteiger partial charge >= 0.3 is 0 Å². The number of nitrogens with zero attached hydrogens (tertiary/aromatic N) is 3. The second kappa shape index (κ2) is 7.26. The van der Waals surface area contributed by atoms with Crippen molar-refractivity contribution < 1.29 is 0 Å². The van der Waals surface area contributed by atoms with Crippen LogP contribution in [0.5, 0.6) is 0 Å². The molecule has 1 N–H and O–H groups in total. The number of fused-ring (bicyclic) bond motifs is 1. The number of thioether (sulfide) groups is 1. The van der Waals surface area contributed by atoms with E-state index >= 15 is 0 Å². The van der Waals surface area contributed by atoms with Crippen LogP contribution in [0.3, 0.4) is 0 Å². The quantitative estimate of drug-likeness (QED) is 0.360. The van der Waals surface area contributed by atoms with Gasteiger partial charge in [0, 0.05) is 15.2 Å². The first-order valence-electron chi connectivity index (χ1n) is 7.71. The van der Waals surface area contributed by atoms with Gasteiger partial charge in [-0.3, -0.25) is 4.79 Å². The molecule has 8 heteroatoms. The van der Waals surface area contributed by atoms with Crippen LogP contribution in [0.2, 0.25) is 5.02 Å². The summed E-state index contributed by atoms with van der Waals surface area (Å²) in [5.41, 5.74) is 2.20. The molecule has 130 valence electrons. The molecule has 2 heterocycles. The van der Waals surface area contributed by atoms with E-state index in [0.29, 0.717) is 27.0 Å². The van der Waals surface area contributed by atoms with E-state index in [2.05, 4.69) is 31.0 Å². The van der Waals surface area contributed by atoms with Crippen molar-refractivity contribution in [2.24, 2.45) is 0 Å². The Balaban J connectivity index is 1.69. The Hall–Kier alpha value is -2.09. The lowest BCUT2D eigenvalue weighted by atomic mass is 10.2. The number of nitrogens with one attached hydrogen (secondary N) is 1. The molecule has 2 aromatic carbocycles. The minimum absolute atomic E-state index is 0.207. The van der Waals surface area contributed by atoms with Crippen LogP contribution < -0.4 is 5.56 Å². The first-order valence-corrected chi connectivity index (χ1v) is 9.87. The van der Waals surface area contributed by atoms with Crippen LogP contribution in [0.15, 0.2) is 69.2 Å². The normalized spacial score (nSPS) is 11.2. The number of rotatable bonds is 4. The molecule has 0 fully saturated rings. The van der Waals surface area contributed by atoms with Crippen LogP contribution >= 0.6 is 39.3 Å². The lowest BCUT2D eigenvalue weighted by Crippen LogP contribution is -2.09. The van der Waals surface area contributed by atoms with Crippen molar-refractivity contribution in [2.45, 2.75) is 10.9 Å². The summed E-state index contributed by atoms with van der Waals surface area (Å²) in [5, 5.41) is 5.89. The van der Waals surface area contributed by atoms with Gasteiger partial charge in [-0.1, -0.05) is 57.5 Å². The van der Waals surface area contributed by atoms with Crippen molar-refractivity contribution in [1.82, 2.24) is 19.7 Å². The lowest BCUT2D eigenvalue weighted by molar-refractivity contribution is 0.873. The third-order valence-corrected chi connectivity index (χ3v) is 5.47. The largest absolute Gasteiger partial charge is 0.301 e. The zero-order chi connectivity index (χ0) is 18.1. The van der Waals surface area contributed by atoms with Crippen LogP contribution in [0, 0.1) is 0 Å². The third-order valence-electron chi connectivity index (χ3n) is 3.76. The van der Waals surface area contributed by atoms with Gasteiger partial charge in [-0.25, -0.2) is 9.67 Å². The molecule has 0 bridgehead atoms. The molecule has 4 aromatic rings. The molecule has 0 spiro atoms. The number of halogens is 2. The topological polar surface area (TPSA) is 63.6 Å². The Labute approximate surface area is 166 Å². The van der Waals surface area contributed by atoms with Crippen molar-refractivity contribution >= 4 is 50.3 Å². The van der Waals surface area contributed by atoms with Crippen molar-refractivity contribution in [3.63, 3.8) is 0 Å². The van der Waals surface area contributed by atoms with Gasteiger partial charge in [-0.05, 0) is 35.9 Å². The molecule has 0 aliphatic rings. The van der Waals surface area contributed by atoms with Gasteiger partial charge in [0.1, 0.15) is 5.39 Å². The predicted octanol–water partition coefficient (Wildman–Crippen LogP) is 4.82. The molecule has 0 unspecified atom stereocenters. The summed E-state index contributed by atoms with van der Waals surface area (Å²) in [7, 11) is 0. The van der Waals surface area contributed by atoms with Gasteiger partial charge in [-0.2, -0.15) is 5.10 Å². The minimum atomic E-state index is -0.207. The lowest BCUT2D eigenvalue weighted by Gasteiger charge is -2.05. The highest BCUT2D eigenvalue weighted by molar-refractivity contribution is 9.10. The fourth-order valence-electron chi connectivity index (χ4n) is 2.50.